The maximum absolute atomic E-state index is 13.6. The number of benzene rings is 1. The summed E-state index contributed by atoms with van der Waals surface area (Å²) in [6.07, 6.45) is 0.702. The maximum atomic E-state index is 13.6. The average Bonchev–Trinajstić information content (AvgIpc) is 2.59. The Hall–Kier alpha value is -1.42. The van der Waals surface area contributed by atoms with Gasteiger partial charge in [-0.3, -0.25) is 0 Å². The Morgan fingerprint density at radius 1 is 1.29 bits per heavy atom. The molecule has 0 radical (unpaired) electrons. The second-order valence-corrected chi connectivity index (χ2v) is 4.21. The first kappa shape index (κ1) is 12.0. The second-order valence-electron chi connectivity index (χ2n) is 4.21. The van der Waals surface area contributed by atoms with Gasteiger partial charge in [0.15, 0.2) is 11.4 Å². The lowest BCUT2D eigenvalue weighted by Gasteiger charge is -2.12. The molecule has 0 unspecified atom stereocenters. The highest BCUT2D eigenvalue weighted by molar-refractivity contribution is 5.78. The molecule has 0 aliphatic carbocycles. The van der Waals surface area contributed by atoms with Crippen molar-refractivity contribution in [3.8, 4) is 0 Å². The van der Waals surface area contributed by atoms with Gasteiger partial charge in [-0.15, -0.1) is 0 Å². The van der Waals surface area contributed by atoms with Gasteiger partial charge in [-0.05, 0) is 37.6 Å². The molecule has 4 heteroatoms. The fourth-order valence-corrected chi connectivity index (χ4v) is 2.03. The number of hydrogen-bond acceptors (Lipinski definition) is 2. The van der Waals surface area contributed by atoms with Gasteiger partial charge in [0.1, 0.15) is 0 Å². The maximum Gasteiger partial charge on any atom is 0.278 e. The fraction of sp³-hybridized carbons (Fsp3) is 0.385. The predicted octanol–water partition coefficient (Wildman–Crippen LogP) is 3.25. The minimum atomic E-state index is -0.754. The van der Waals surface area contributed by atoms with Crippen LogP contribution in [0.15, 0.2) is 22.6 Å². The van der Waals surface area contributed by atoms with Crippen LogP contribution in [0.1, 0.15) is 19.4 Å². The monoisotopic (exact) mass is 239 g/mol. The lowest BCUT2D eigenvalue weighted by molar-refractivity contribution is 0.374. The van der Waals surface area contributed by atoms with E-state index in [0.717, 1.165) is 12.1 Å². The van der Waals surface area contributed by atoms with Gasteiger partial charge >= 0.3 is 0 Å². The molecule has 2 nitrogen and oxygen atoms in total. The zero-order valence-corrected chi connectivity index (χ0v) is 9.89. The molecule has 1 heterocycles. The molecule has 0 saturated heterocycles. The summed E-state index contributed by atoms with van der Waals surface area (Å²) in [5.74, 6) is -0.509. The van der Waals surface area contributed by atoms with Crippen molar-refractivity contribution in [3.63, 3.8) is 0 Å². The summed E-state index contributed by atoms with van der Waals surface area (Å²) in [5, 5.41) is 3.72. The van der Waals surface area contributed by atoms with E-state index in [1.807, 2.05) is 13.8 Å². The van der Waals surface area contributed by atoms with Gasteiger partial charge in [0.25, 0.3) is 6.01 Å². The summed E-state index contributed by atoms with van der Waals surface area (Å²) in [6, 6.07) is 3.88. The highest BCUT2D eigenvalue weighted by atomic mass is 19.1. The van der Waals surface area contributed by atoms with Crippen molar-refractivity contribution in [2.75, 3.05) is 6.54 Å². The highest BCUT2D eigenvalue weighted by Crippen LogP contribution is 2.23. The largest absolute Gasteiger partial charge is 0.428 e. The Morgan fingerprint density at radius 3 is 2.76 bits per heavy atom. The third-order valence-electron chi connectivity index (χ3n) is 2.70. The van der Waals surface area contributed by atoms with E-state index < -0.39 is 11.8 Å². The number of likely N-dealkylation sites (N-methyl/N-ethyl adjacent to an activating group) is 1. The van der Waals surface area contributed by atoms with E-state index in [4.69, 9.17) is 0 Å². The van der Waals surface area contributed by atoms with Crippen LogP contribution in [0.3, 0.4) is 0 Å². The molecule has 0 aliphatic rings. The Balaban J connectivity index is 2.29. The zero-order chi connectivity index (χ0) is 12.4. The Labute approximate surface area is 98.6 Å². The van der Waals surface area contributed by atoms with Crippen molar-refractivity contribution in [3.05, 3.63) is 35.6 Å². The van der Waals surface area contributed by atoms with Crippen molar-refractivity contribution in [2.24, 2.45) is 0 Å². The van der Waals surface area contributed by atoms with E-state index >= 15 is 0 Å². The summed E-state index contributed by atoms with van der Waals surface area (Å²) in [6.45, 7) is 4.92. The molecule has 1 atom stereocenters. The second kappa shape index (κ2) is 4.84. The topological polar surface area (TPSA) is 25.2 Å². The van der Waals surface area contributed by atoms with Gasteiger partial charge in [-0.25, -0.2) is 4.39 Å². The number of fused-ring (bicyclic) bond motifs is 1. The summed E-state index contributed by atoms with van der Waals surface area (Å²) in [5.41, 5.74) is 0.826. The molecule has 1 N–H and O–H groups in total. The lowest BCUT2D eigenvalue weighted by Crippen LogP contribution is -2.27. The summed E-state index contributed by atoms with van der Waals surface area (Å²) in [7, 11) is 0. The normalized spacial score (nSPS) is 13.2. The van der Waals surface area contributed by atoms with Gasteiger partial charge < -0.3 is 9.73 Å². The first-order valence-corrected chi connectivity index (χ1v) is 5.71. The molecule has 1 aromatic heterocycles. The van der Waals surface area contributed by atoms with Crippen molar-refractivity contribution < 1.29 is 13.2 Å². The molecule has 2 rings (SSSR count). The third-order valence-corrected chi connectivity index (χ3v) is 2.70. The van der Waals surface area contributed by atoms with E-state index in [2.05, 4.69) is 9.73 Å². The predicted molar refractivity (Wildman–Crippen MR) is 63.0 cm³/mol. The minimum Gasteiger partial charge on any atom is -0.428 e. The Kier molecular flexibility index (Phi) is 3.43. The number of nitrogens with one attached hydrogen (secondary N) is 1. The molecule has 0 aliphatic heterocycles. The summed E-state index contributed by atoms with van der Waals surface area (Å²) < 4.78 is 31.1. The molecule has 17 heavy (non-hydrogen) atoms. The molecular formula is C13H15F2NO. The average molecular weight is 239 g/mol. The molecule has 0 saturated carbocycles. The summed E-state index contributed by atoms with van der Waals surface area (Å²) in [4.78, 5) is 0. The SMILES string of the molecule is CCN[C@@H](C)Cc1cc(F)c2oc(F)cc2c1. The quantitative estimate of drug-likeness (QED) is 0.886. The number of rotatable bonds is 4. The van der Waals surface area contributed by atoms with Crippen LogP contribution >= 0.6 is 0 Å². The van der Waals surface area contributed by atoms with Gasteiger partial charge in [-0.1, -0.05) is 6.92 Å². The van der Waals surface area contributed by atoms with Crippen molar-refractivity contribution >= 4 is 11.0 Å². The first-order valence-electron chi connectivity index (χ1n) is 5.71. The lowest BCUT2D eigenvalue weighted by atomic mass is 10.1. The van der Waals surface area contributed by atoms with Gasteiger partial charge in [0.05, 0.1) is 0 Å². The van der Waals surface area contributed by atoms with E-state index in [-0.39, 0.29) is 11.6 Å². The molecule has 0 bridgehead atoms. The van der Waals surface area contributed by atoms with Gasteiger partial charge in [0.2, 0.25) is 0 Å². The van der Waals surface area contributed by atoms with Crippen molar-refractivity contribution in [2.45, 2.75) is 26.3 Å². The van der Waals surface area contributed by atoms with Crippen LogP contribution in [-0.4, -0.2) is 12.6 Å². The van der Waals surface area contributed by atoms with Crippen molar-refractivity contribution in [1.82, 2.24) is 5.32 Å². The van der Waals surface area contributed by atoms with Crippen LogP contribution in [0, 0.1) is 11.8 Å². The Morgan fingerprint density at radius 2 is 2.06 bits per heavy atom. The van der Waals surface area contributed by atoms with Crippen LogP contribution in [0.5, 0.6) is 0 Å². The van der Waals surface area contributed by atoms with Crippen LogP contribution in [-0.2, 0) is 6.42 Å². The van der Waals surface area contributed by atoms with E-state index in [1.54, 1.807) is 6.07 Å². The summed E-state index contributed by atoms with van der Waals surface area (Å²) >= 11 is 0. The van der Waals surface area contributed by atoms with Crippen LogP contribution in [0.4, 0.5) is 8.78 Å². The van der Waals surface area contributed by atoms with Crippen molar-refractivity contribution in [1.29, 1.82) is 0 Å². The smallest absolute Gasteiger partial charge is 0.278 e. The van der Waals surface area contributed by atoms with E-state index in [1.165, 1.54) is 12.1 Å². The molecule has 92 valence electrons. The Bertz CT molecular complexity index is 521. The zero-order valence-electron chi connectivity index (χ0n) is 9.89. The van der Waals surface area contributed by atoms with Crippen LogP contribution in [0.2, 0.25) is 0 Å². The van der Waals surface area contributed by atoms with E-state index in [0.29, 0.717) is 11.8 Å². The van der Waals surface area contributed by atoms with E-state index in [9.17, 15) is 8.78 Å². The van der Waals surface area contributed by atoms with Crippen LogP contribution in [0.25, 0.3) is 11.0 Å². The fourth-order valence-electron chi connectivity index (χ4n) is 2.03. The molecule has 0 amide bonds. The number of furan rings is 1. The molecule has 0 fully saturated rings. The minimum absolute atomic E-state index is 0.0117. The molecular weight excluding hydrogens is 224 g/mol. The van der Waals surface area contributed by atoms with Gasteiger partial charge in [0, 0.05) is 17.5 Å². The highest BCUT2D eigenvalue weighted by Gasteiger charge is 2.11. The standard InChI is InChI=1S/C13H15F2NO/c1-3-16-8(2)4-9-5-10-7-12(15)17-13(10)11(14)6-9/h5-8,16H,3-4H2,1-2H3/t8-/m0/s1. The molecule has 1 aromatic carbocycles. The number of hydrogen-bond donors (Lipinski definition) is 1. The van der Waals surface area contributed by atoms with Crippen LogP contribution < -0.4 is 5.32 Å². The molecule has 2 aromatic rings. The first-order chi connectivity index (χ1) is 8.10. The van der Waals surface area contributed by atoms with Gasteiger partial charge in [-0.2, -0.15) is 4.39 Å². The number of halogens is 2. The molecule has 0 spiro atoms. The third kappa shape index (κ3) is 2.64.